The van der Waals surface area contributed by atoms with Crippen LogP contribution in [-0.4, -0.2) is 36.3 Å². The number of hydrogen-bond donors (Lipinski definition) is 0. The number of carbonyl (C=O) groups excluding carboxylic acids is 1. The average molecular weight is 482 g/mol. The van der Waals surface area contributed by atoms with Crippen molar-refractivity contribution in [2.24, 2.45) is 5.92 Å². The van der Waals surface area contributed by atoms with E-state index in [0.29, 0.717) is 19.1 Å². The van der Waals surface area contributed by atoms with Crippen LogP contribution < -0.4 is 4.74 Å². The predicted molar refractivity (Wildman–Crippen MR) is 98.3 cm³/mol. The smallest absolute Gasteiger partial charge is 0.410 e. The molecule has 1 unspecified atom stereocenters. The molecule has 0 radical (unpaired) electrons. The number of rotatable bonds is 3. The molecule has 0 aromatic heterocycles. The Morgan fingerprint density at radius 2 is 2.14 bits per heavy atom. The Kier molecular flexibility index (Phi) is 5.99. The third kappa shape index (κ3) is 5.61. The van der Waals surface area contributed by atoms with Gasteiger partial charge in [-0.05, 0) is 68.0 Å². The minimum atomic E-state index is -0.446. The summed E-state index contributed by atoms with van der Waals surface area (Å²) in [6.45, 7) is 7.70. The number of halogens is 2. The molecule has 1 amide bonds. The van der Waals surface area contributed by atoms with Gasteiger partial charge in [0.25, 0.3) is 0 Å². The van der Waals surface area contributed by atoms with Crippen LogP contribution in [0.3, 0.4) is 0 Å². The second-order valence-electron chi connectivity index (χ2n) is 6.50. The van der Waals surface area contributed by atoms with E-state index < -0.39 is 5.60 Å². The van der Waals surface area contributed by atoms with Gasteiger partial charge in [0.2, 0.25) is 0 Å². The molecule has 6 heteroatoms. The topological polar surface area (TPSA) is 38.8 Å². The van der Waals surface area contributed by atoms with E-state index in [1.165, 1.54) is 0 Å². The molecule has 0 spiro atoms. The number of amides is 1. The molecule has 0 aliphatic carbocycles. The molecule has 2 rings (SSSR count). The van der Waals surface area contributed by atoms with E-state index in [9.17, 15) is 4.79 Å². The van der Waals surface area contributed by atoms with Crippen LogP contribution in [-0.2, 0) is 4.74 Å². The second kappa shape index (κ2) is 7.38. The molecule has 1 aliphatic rings. The van der Waals surface area contributed by atoms with Crippen LogP contribution in [0, 0.1) is 9.49 Å². The van der Waals surface area contributed by atoms with Crippen LogP contribution in [0.1, 0.15) is 27.2 Å². The van der Waals surface area contributed by atoms with Crippen molar-refractivity contribution in [3.8, 4) is 5.75 Å². The molecule has 1 aromatic carbocycles. The van der Waals surface area contributed by atoms with Crippen LogP contribution in [0.25, 0.3) is 0 Å². The lowest BCUT2D eigenvalue weighted by atomic mass is 10.1. The molecule has 1 heterocycles. The maximum atomic E-state index is 12.0. The van der Waals surface area contributed by atoms with Crippen molar-refractivity contribution < 1.29 is 14.3 Å². The molecule has 4 nitrogen and oxygen atoms in total. The fourth-order valence-electron chi connectivity index (χ4n) is 2.29. The molecule has 22 heavy (non-hydrogen) atoms. The number of nitrogens with zero attached hydrogens (tertiary/aromatic N) is 1. The van der Waals surface area contributed by atoms with Crippen molar-refractivity contribution in [2.45, 2.75) is 32.8 Å². The molecular weight excluding hydrogens is 461 g/mol. The monoisotopic (exact) mass is 481 g/mol. The number of likely N-dealkylation sites (tertiary alicyclic amines) is 1. The van der Waals surface area contributed by atoms with E-state index in [2.05, 4.69) is 38.5 Å². The normalized spacial score (nSPS) is 18.4. The van der Waals surface area contributed by atoms with Gasteiger partial charge in [-0.25, -0.2) is 4.79 Å². The van der Waals surface area contributed by atoms with Gasteiger partial charge in [-0.3, -0.25) is 0 Å². The largest absolute Gasteiger partial charge is 0.493 e. The number of hydrogen-bond acceptors (Lipinski definition) is 3. The number of ether oxygens (including phenoxy) is 2. The van der Waals surface area contributed by atoms with Crippen molar-refractivity contribution in [2.75, 3.05) is 19.7 Å². The summed E-state index contributed by atoms with van der Waals surface area (Å²) in [5.74, 6) is 1.21. The van der Waals surface area contributed by atoms with Gasteiger partial charge < -0.3 is 14.4 Å². The standard InChI is InChI=1S/C16H21BrINO3/c1-16(2,3)22-15(20)19-5-4-11(9-19)10-21-14-7-12(17)6-13(18)8-14/h6-8,11H,4-5,9-10H2,1-3H3. The molecule has 0 N–H and O–H groups in total. The van der Waals surface area contributed by atoms with Crippen molar-refractivity contribution in [3.05, 3.63) is 26.2 Å². The molecule has 122 valence electrons. The number of carbonyl (C=O) groups is 1. The van der Waals surface area contributed by atoms with Gasteiger partial charge in [-0.15, -0.1) is 0 Å². The summed E-state index contributed by atoms with van der Waals surface area (Å²) < 4.78 is 13.4. The van der Waals surface area contributed by atoms with Gasteiger partial charge in [-0.1, -0.05) is 15.9 Å². The summed E-state index contributed by atoms with van der Waals surface area (Å²) >= 11 is 5.73. The van der Waals surface area contributed by atoms with Gasteiger partial charge >= 0.3 is 6.09 Å². The van der Waals surface area contributed by atoms with Gasteiger partial charge in [-0.2, -0.15) is 0 Å². The summed E-state index contributed by atoms with van der Waals surface area (Å²) in [4.78, 5) is 13.8. The first-order chi connectivity index (χ1) is 10.2. The molecular formula is C16H21BrINO3. The van der Waals surface area contributed by atoms with Crippen molar-refractivity contribution in [1.29, 1.82) is 0 Å². The third-order valence-corrected chi connectivity index (χ3v) is 4.34. The maximum absolute atomic E-state index is 12.0. The van der Waals surface area contributed by atoms with E-state index in [4.69, 9.17) is 9.47 Å². The quantitative estimate of drug-likeness (QED) is 0.588. The second-order valence-corrected chi connectivity index (χ2v) is 8.66. The lowest BCUT2D eigenvalue weighted by Crippen LogP contribution is -2.35. The highest BCUT2D eigenvalue weighted by atomic mass is 127. The Morgan fingerprint density at radius 3 is 2.77 bits per heavy atom. The Hall–Kier alpha value is -0.500. The summed E-state index contributed by atoms with van der Waals surface area (Å²) in [6, 6.07) is 6.00. The van der Waals surface area contributed by atoms with E-state index in [1.54, 1.807) is 4.90 Å². The first-order valence-corrected chi connectivity index (χ1v) is 9.17. The number of benzene rings is 1. The van der Waals surface area contributed by atoms with E-state index in [0.717, 1.165) is 26.8 Å². The highest BCUT2D eigenvalue weighted by Gasteiger charge is 2.30. The zero-order valence-electron chi connectivity index (χ0n) is 13.1. The molecule has 1 aromatic rings. The van der Waals surface area contributed by atoms with E-state index in [-0.39, 0.29) is 6.09 Å². The van der Waals surface area contributed by atoms with Crippen molar-refractivity contribution in [1.82, 2.24) is 4.90 Å². The third-order valence-electron chi connectivity index (χ3n) is 3.26. The minimum absolute atomic E-state index is 0.230. The lowest BCUT2D eigenvalue weighted by molar-refractivity contribution is 0.0285. The minimum Gasteiger partial charge on any atom is -0.493 e. The maximum Gasteiger partial charge on any atom is 0.410 e. The summed E-state index contributed by atoms with van der Waals surface area (Å²) in [5, 5.41) is 0. The van der Waals surface area contributed by atoms with Gasteiger partial charge in [0.15, 0.2) is 0 Å². The highest BCUT2D eigenvalue weighted by molar-refractivity contribution is 14.1. The van der Waals surface area contributed by atoms with Crippen LogP contribution >= 0.6 is 38.5 Å². The summed E-state index contributed by atoms with van der Waals surface area (Å²) in [5.41, 5.74) is -0.446. The van der Waals surface area contributed by atoms with Gasteiger partial charge in [0.1, 0.15) is 11.4 Å². The fourth-order valence-corrected chi connectivity index (χ4v) is 3.83. The zero-order chi connectivity index (χ0) is 16.3. The Bertz CT molecular complexity index is 524. The van der Waals surface area contributed by atoms with E-state index in [1.807, 2.05) is 39.0 Å². The summed E-state index contributed by atoms with van der Waals surface area (Å²) in [7, 11) is 0. The first-order valence-electron chi connectivity index (χ1n) is 7.30. The molecule has 1 fully saturated rings. The van der Waals surface area contributed by atoms with E-state index >= 15 is 0 Å². The zero-order valence-corrected chi connectivity index (χ0v) is 16.8. The van der Waals surface area contributed by atoms with Crippen LogP contribution in [0.5, 0.6) is 5.75 Å². The van der Waals surface area contributed by atoms with Crippen LogP contribution in [0.4, 0.5) is 4.79 Å². The first kappa shape index (κ1) is 17.8. The Morgan fingerprint density at radius 1 is 1.41 bits per heavy atom. The average Bonchev–Trinajstić information content (AvgIpc) is 2.82. The highest BCUT2D eigenvalue weighted by Crippen LogP contribution is 2.25. The van der Waals surface area contributed by atoms with Gasteiger partial charge in [0, 0.05) is 27.1 Å². The molecule has 0 saturated carbocycles. The predicted octanol–water partition coefficient (Wildman–Crippen LogP) is 4.69. The fraction of sp³-hybridized carbons (Fsp3) is 0.562. The van der Waals surface area contributed by atoms with Crippen molar-refractivity contribution in [3.63, 3.8) is 0 Å². The molecule has 1 atom stereocenters. The van der Waals surface area contributed by atoms with Crippen molar-refractivity contribution >= 4 is 44.6 Å². The van der Waals surface area contributed by atoms with Crippen LogP contribution in [0.15, 0.2) is 22.7 Å². The molecule has 1 saturated heterocycles. The van der Waals surface area contributed by atoms with Crippen LogP contribution in [0.2, 0.25) is 0 Å². The van der Waals surface area contributed by atoms with Gasteiger partial charge in [0.05, 0.1) is 6.61 Å². The molecule has 1 aliphatic heterocycles. The lowest BCUT2D eigenvalue weighted by Gasteiger charge is -2.24. The SMILES string of the molecule is CC(C)(C)OC(=O)N1CCC(COc2cc(Br)cc(I)c2)C1. The Balaban J connectivity index is 1.82. The molecule has 0 bridgehead atoms. The summed E-state index contributed by atoms with van der Waals surface area (Å²) in [6.07, 6.45) is 0.719. The Labute approximate surface area is 153 Å².